The molecule has 0 aliphatic carbocycles. The molecule has 1 atom stereocenters. The van der Waals surface area contributed by atoms with Gasteiger partial charge in [0, 0.05) is 19.6 Å². The highest BCUT2D eigenvalue weighted by Gasteiger charge is 2.42. The second-order valence-electron chi connectivity index (χ2n) is 8.54. The molecule has 2 aromatic carbocycles. The van der Waals surface area contributed by atoms with Crippen LogP contribution < -0.4 is 15.2 Å². The number of nitrogens with one attached hydrogen (secondary N) is 1. The lowest BCUT2D eigenvalue weighted by molar-refractivity contribution is -0.197. The van der Waals surface area contributed by atoms with Crippen LogP contribution >= 0.6 is 0 Å². The molecule has 1 amide bonds. The van der Waals surface area contributed by atoms with Crippen LogP contribution in [0.2, 0.25) is 0 Å². The fourth-order valence-corrected chi connectivity index (χ4v) is 4.25. The maximum absolute atomic E-state index is 12.6. The molecule has 0 bridgehead atoms. The summed E-state index contributed by atoms with van der Waals surface area (Å²) in [5.74, 6) is -4.83. The van der Waals surface area contributed by atoms with Crippen molar-refractivity contribution in [2.45, 2.75) is 37.0 Å². The predicted molar refractivity (Wildman–Crippen MR) is 127 cm³/mol. The van der Waals surface area contributed by atoms with Crippen LogP contribution in [0.25, 0.3) is 11.1 Å². The number of nitriles is 1. The summed E-state index contributed by atoms with van der Waals surface area (Å²) in [6, 6.07) is 13.9. The molecule has 0 radical (unpaired) electrons. The summed E-state index contributed by atoms with van der Waals surface area (Å²) >= 11 is 0. The van der Waals surface area contributed by atoms with Crippen molar-refractivity contribution in [2.75, 3.05) is 19.2 Å². The van der Waals surface area contributed by atoms with Crippen molar-refractivity contribution in [1.29, 1.82) is 5.26 Å². The van der Waals surface area contributed by atoms with Crippen LogP contribution in [0.15, 0.2) is 48.5 Å². The number of benzene rings is 2. The van der Waals surface area contributed by atoms with Crippen LogP contribution in [0, 0.1) is 11.3 Å². The van der Waals surface area contributed by atoms with Gasteiger partial charge in [0.2, 0.25) is 11.8 Å². The van der Waals surface area contributed by atoms with Crippen LogP contribution in [0.4, 0.5) is 13.2 Å². The van der Waals surface area contributed by atoms with Crippen molar-refractivity contribution in [1.82, 2.24) is 5.32 Å². The minimum absolute atomic E-state index is 0.191. The van der Waals surface area contributed by atoms with Crippen LogP contribution in [-0.4, -0.2) is 57.2 Å². The lowest BCUT2D eigenvalue weighted by Crippen LogP contribution is -2.58. The third-order valence-corrected chi connectivity index (χ3v) is 6.52. The molecule has 1 aliphatic rings. The average Bonchev–Trinajstić information content (AvgIpc) is 2.87. The van der Waals surface area contributed by atoms with E-state index in [1.54, 1.807) is 24.3 Å². The van der Waals surface area contributed by atoms with E-state index in [0.29, 0.717) is 31.6 Å². The van der Waals surface area contributed by atoms with Crippen LogP contribution in [0.3, 0.4) is 0 Å². The van der Waals surface area contributed by atoms with Gasteiger partial charge in [0.05, 0.1) is 11.6 Å². The van der Waals surface area contributed by atoms with Gasteiger partial charge in [-0.15, -0.1) is 0 Å². The van der Waals surface area contributed by atoms with Gasteiger partial charge in [-0.1, -0.05) is 36.4 Å². The number of halogens is 3. The molecule has 1 heterocycles. The maximum atomic E-state index is 12.6. The topological polar surface area (TPSA) is 158 Å². The van der Waals surface area contributed by atoms with E-state index in [1.165, 1.54) is 24.3 Å². The van der Waals surface area contributed by atoms with Crippen molar-refractivity contribution < 1.29 is 44.8 Å². The standard InChI is InChI=1S/C24H24F3N3O7S/c25-24(26,27)22(32)36-15-38(33,34)37-20-7-5-18(6-8-20)17-3-1-16(2-4-17)13-19(14-28)30-21(31)23(29)9-11-35-12-10-23/h1-8,19H,9-13,15,29H2,(H,30,31). The van der Waals surface area contributed by atoms with Gasteiger partial charge in [0.15, 0.2) is 0 Å². The van der Waals surface area contributed by atoms with E-state index in [0.717, 1.165) is 11.1 Å². The number of hydrogen-bond donors (Lipinski definition) is 2. The Morgan fingerprint density at radius 3 is 2.16 bits per heavy atom. The normalized spacial score (nSPS) is 16.1. The zero-order valence-corrected chi connectivity index (χ0v) is 20.7. The number of alkyl halides is 3. The van der Waals surface area contributed by atoms with Crippen LogP contribution in [0.1, 0.15) is 18.4 Å². The van der Waals surface area contributed by atoms with E-state index < -0.39 is 45.7 Å². The number of hydrogen-bond acceptors (Lipinski definition) is 9. The number of nitrogens with zero attached hydrogens (tertiary/aromatic N) is 1. The molecule has 1 fully saturated rings. The first-order valence-electron chi connectivity index (χ1n) is 11.2. The smallest absolute Gasteiger partial charge is 0.439 e. The molecule has 0 aromatic heterocycles. The van der Waals surface area contributed by atoms with E-state index in [1.807, 2.05) is 0 Å². The van der Waals surface area contributed by atoms with Crippen LogP contribution in [0.5, 0.6) is 5.75 Å². The summed E-state index contributed by atoms with van der Waals surface area (Å²) in [7, 11) is -4.62. The van der Waals surface area contributed by atoms with E-state index in [-0.39, 0.29) is 12.2 Å². The SMILES string of the molecule is N#CC(Cc1ccc(-c2ccc(OS(=O)(=O)COC(=O)C(F)(F)F)cc2)cc1)NC(=O)C1(N)CCOCC1. The second-order valence-corrected chi connectivity index (χ2v) is 10.1. The molecule has 1 saturated heterocycles. The Balaban J connectivity index is 1.57. The maximum Gasteiger partial charge on any atom is 0.490 e. The monoisotopic (exact) mass is 555 g/mol. The predicted octanol–water partition coefficient (Wildman–Crippen LogP) is 2.18. The molecule has 1 unspecified atom stereocenters. The van der Waals surface area contributed by atoms with Gasteiger partial charge in [-0.25, -0.2) is 4.79 Å². The third kappa shape index (κ3) is 7.91. The molecule has 2 aromatic rings. The molecule has 204 valence electrons. The lowest BCUT2D eigenvalue weighted by atomic mass is 9.90. The largest absolute Gasteiger partial charge is 0.490 e. The number of nitrogens with two attached hydrogens (primary N) is 1. The Morgan fingerprint density at radius 1 is 1.08 bits per heavy atom. The highest BCUT2D eigenvalue weighted by atomic mass is 32.2. The molecule has 0 saturated carbocycles. The number of amides is 1. The van der Waals surface area contributed by atoms with Crippen molar-refractivity contribution in [3.05, 3.63) is 54.1 Å². The molecule has 38 heavy (non-hydrogen) atoms. The second kappa shape index (κ2) is 11.8. The first-order chi connectivity index (χ1) is 17.8. The number of ether oxygens (including phenoxy) is 2. The van der Waals surface area contributed by atoms with Gasteiger partial charge in [0.1, 0.15) is 11.8 Å². The number of carbonyl (C=O) groups excluding carboxylic acids is 2. The molecule has 3 rings (SSSR count). The number of rotatable bonds is 9. The van der Waals surface area contributed by atoms with E-state index in [4.69, 9.17) is 10.5 Å². The molecular formula is C24H24F3N3O7S. The van der Waals surface area contributed by atoms with E-state index in [9.17, 15) is 36.4 Å². The summed E-state index contributed by atoms with van der Waals surface area (Å²) in [6.07, 6.45) is -4.34. The first kappa shape index (κ1) is 28.9. The highest BCUT2D eigenvalue weighted by Crippen LogP contribution is 2.25. The Kier molecular flexibility index (Phi) is 8.97. The third-order valence-electron chi connectivity index (χ3n) is 5.67. The minimum Gasteiger partial charge on any atom is -0.439 e. The Labute approximate surface area is 216 Å². The van der Waals surface area contributed by atoms with Crippen LogP contribution in [-0.2, 0) is 35.6 Å². The van der Waals surface area contributed by atoms with Gasteiger partial charge in [-0.2, -0.15) is 26.9 Å². The molecule has 3 N–H and O–H groups in total. The fourth-order valence-electron chi connectivity index (χ4n) is 3.54. The average molecular weight is 556 g/mol. The molecule has 10 nitrogen and oxygen atoms in total. The Morgan fingerprint density at radius 2 is 1.63 bits per heavy atom. The fraction of sp³-hybridized carbons (Fsp3) is 0.375. The first-order valence-corrected chi connectivity index (χ1v) is 12.8. The van der Waals surface area contributed by atoms with Gasteiger partial charge >= 0.3 is 22.3 Å². The number of esters is 1. The highest BCUT2D eigenvalue weighted by molar-refractivity contribution is 7.86. The summed E-state index contributed by atoms with van der Waals surface area (Å²) in [4.78, 5) is 23.3. The minimum atomic E-state index is -5.33. The zero-order valence-electron chi connectivity index (χ0n) is 19.9. The zero-order chi connectivity index (χ0) is 28.0. The lowest BCUT2D eigenvalue weighted by Gasteiger charge is -2.32. The van der Waals surface area contributed by atoms with Gasteiger partial charge in [-0.3, -0.25) is 4.79 Å². The summed E-state index contributed by atoms with van der Waals surface area (Å²) < 4.78 is 73.6. The van der Waals surface area contributed by atoms with Crippen molar-refractivity contribution in [3.63, 3.8) is 0 Å². The van der Waals surface area contributed by atoms with Gasteiger partial charge < -0.3 is 24.7 Å². The van der Waals surface area contributed by atoms with E-state index in [2.05, 4.69) is 20.3 Å². The van der Waals surface area contributed by atoms with Gasteiger partial charge in [-0.05, 0) is 41.7 Å². The summed E-state index contributed by atoms with van der Waals surface area (Å²) in [5, 5.41) is 12.2. The van der Waals surface area contributed by atoms with Gasteiger partial charge in [0.25, 0.3) is 0 Å². The van der Waals surface area contributed by atoms with Crippen molar-refractivity contribution in [2.24, 2.45) is 5.73 Å². The Bertz CT molecular complexity index is 1290. The van der Waals surface area contributed by atoms with E-state index >= 15 is 0 Å². The number of carbonyl (C=O) groups is 2. The Hall–Kier alpha value is -3.67. The van der Waals surface area contributed by atoms with Crippen molar-refractivity contribution in [3.8, 4) is 22.9 Å². The quantitative estimate of drug-likeness (QED) is 0.349. The van der Waals surface area contributed by atoms with Crippen molar-refractivity contribution >= 4 is 22.0 Å². The molecule has 0 spiro atoms. The molecule has 1 aliphatic heterocycles. The molecular weight excluding hydrogens is 531 g/mol. The summed E-state index contributed by atoms with van der Waals surface area (Å²) in [5.41, 5.74) is 7.28. The summed E-state index contributed by atoms with van der Waals surface area (Å²) in [6.45, 7) is 0.756. The molecule has 14 heteroatoms.